The van der Waals surface area contributed by atoms with Crippen molar-refractivity contribution >= 4 is 21.4 Å². The van der Waals surface area contributed by atoms with Gasteiger partial charge in [0.15, 0.2) is 5.84 Å². The zero-order valence-corrected chi connectivity index (χ0v) is 14.7. The highest BCUT2D eigenvalue weighted by Crippen LogP contribution is 2.28. The minimum absolute atomic E-state index is 0.310. The molecule has 0 saturated heterocycles. The number of benzene rings is 1. The number of rotatable bonds is 3. The molecule has 5 nitrogen and oxygen atoms in total. The third-order valence-electron chi connectivity index (χ3n) is 4.62. The van der Waals surface area contributed by atoms with Crippen molar-refractivity contribution < 1.29 is 13.2 Å². The number of hydrogen-bond donors (Lipinski definition) is 0. The Hall–Kier alpha value is -2.34. The van der Waals surface area contributed by atoms with Crippen molar-refractivity contribution in [3.63, 3.8) is 0 Å². The van der Waals surface area contributed by atoms with E-state index in [2.05, 4.69) is 4.40 Å². The third-order valence-corrected chi connectivity index (χ3v) is 5.52. The highest BCUT2D eigenvalue weighted by molar-refractivity contribution is 7.93. The molecule has 0 N–H and O–H groups in total. The van der Waals surface area contributed by atoms with E-state index in [1.807, 2.05) is 36.4 Å². The fourth-order valence-electron chi connectivity index (χ4n) is 3.34. The predicted octanol–water partition coefficient (Wildman–Crippen LogP) is 3.82. The number of sulfonamides is 1. The van der Waals surface area contributed by atoms with Crippen LogP contribution >= 0.6 is 0 Å². The van der Waals surface area contributed by atoms with Crippen LogP contribution in [0.1, 0.15) is 37.7 Å². The molecular formula is C19H20N2O3S. The van der Waals surface area contributed by atoms with Crippen molar-refractivity contribution in [2.75, 3.05) is 0 Å². The molecule has 0 unspecified atom stereocenters. The lowest BCUT2D eigenvalue weighted by molar-refractivity contribution is 0.155. The number of hydrogen-bond acceptors (Lipinski definition) is 4. The van der Waals surface area contributed by atoms with E-state index in [-0.39, 0.29) is 0 Å². The molecule has 6 heteroatoms. The first kappa shape index (κ1) is 16.1. The first-order valence-electron chi connectivity index (χ1n) is 8.58. The van der Waals surface area contributed by atoms with Crippen molar-refractivity contribution in [2.45, 2.75) is 38.2 Å². The van der Waals surface area contributed by atoms with Gasteiger partial charge in [0.25, 0.3) is 10.0 Å². The molecule has 130 valence electrons. The Morgan fingerprint density at radius 2 is 1.80 bits per heavy atom. The average molecular weight is 356 g/mol. The Morgan fingerprint density at radius 3 is 2.56 bits per heavy atom. The molecule has 0 atom stereocenters. The monoisotopic (exact) mass is 356 g/mol. The van der Waals surface area contributed by atoms with Gasteiger partial charge in [-0.1, -0.05) is 18.6 Å². The third kappa shape index (κ3) is 3.54. The SMILES string of the molecule is O=S1(=O)C=CN2C=CC=C(c3ccc(OC4CCCCC4)cc3)C2=N1. The summed E-state index contributed by atoms with van der Waals surface area (Å²) in [5, 5.41) is 1.10. The molecule has 1 saturated carbocycles. The minimum atomic E-state index is -3.56. The van der Waals surface area contributed by atoms with Gasteiger partial charge in [-0.3, -0.25) is 0 Å². The van der Waals surface area contributed by atoms with Gasteiger partial charge in [-0.15, -0.1) is 4.40 Å². The Balaban J connectivity index is 1.56. The van der Waals surface area contributed by atoms with Crippen LogP contribution in [0.4, 0.5) is 0 Å². The van der Waals surface area contributed by atoms with Crippen LogP contribution < -0.4 is 4.74 Å². The Kier molecular flexibility index (Phi) is 4.21. The van der Waals surface area contributed by atoms with E-state index in [1.54, 1.807) is 11.1 Å². The molecule has 0 amide bonds. The minimum Gasteiger partial charge on any atom is -0.490 e. The van der Waals surface area contributed by atoms with Crippen LogP contribution in [-0.4, -0.2) is 25.3 Å². The molecule has 1 fully saturated rings. The molecule has 2 heterocycles. The predicted molar refractivity (Wildman–Crippen MR) is 98.4 cm³/mol. The van der Waals surface area contributed by atoms with Gasteiger partial charge in [0.2, 0.25) is 0 Å². The van der Waals surface area contributed by atoms with Gasteiger partial charge >= 0.3 is 0 Å². The summed E-state index contributed by atoms with van der Waals surface area (Å²) < 4.78 is 33.5. The summed E-state index contributed by atoms with van der Waals surface area (Å²) in [6.07, 6.45) is 13.4. The van der Waals surface area contributed by atoms with Crippen molar-refractivity contribution in [3.05, 3.63) is 59.8 Å². The number of nitrogens with zero attached hydrogens (tertiary/aromatic N) is 2. The lowest BCUT2D eigenvalue weighted by atomic mass is 9.97. The maximum absolute atomic E-state index is 11.8. The average Bonchev–Trinajstić information content (AvgIpc) is 2.62. The Morgan fingerprint density at radius 1 is 1.04 bits per heavy atom. The van der Waals surface area contributed by atoms with Gasteiger partial charge in [-0.2, -0.15) is 8.42 Å². The van der Waals surface area contributed by atoms with E-state index < -0.39 is 10.0 Å². The fourth-order valence-corrected chi connectivity index (χ4v) is 4.12. The number of ether oxygens (including phenoxy) is 1. The van der Waals surface area contributed by atoms with E-state index in [9.17, 15) is 8.42 Å². The van der Waals surface area contributed by atoms with Gasteiger partial charge in [0.1, 0.15) is 5.75 Å². The van der Waals surface area contributed by atoms with E-state index in [0.717, 1.165) is 35.1 Å². The highest BCUT2D eigenvalue weighted by Gasteiger charge is 2.23. The molecule has 1 aromatic carbocycles. The maximum Gasteiger partial charge on any atom is 0.278 e. The number of fused-ring (bicyclic) bond motifs is 1. The molecule has 1 aliphatic carbocycles. The second-order valence-electron chi connectivity index (χ2n) is 6.45. The van der Waals surface area contributed by atoms with Gasteiger partial charge < -0.3 is 9.64 Å². The standard InChI is InChI=1S/C19H20N2O3S/c22-25(23)14-13-21-12-4-7-18(19(21)20-25)15-8-10-17(11-9-15)24-16-5-2-1-3-6-16/h4,7-14,16H,1-3,5-6H2. The van der Waals surface area contributed by atoms with Crippen LogP contribution in [0, 0.1) is 0 Å². The molecule has 0 aromatic heterocycles. The summed E-state index contributed by atoms with van der Waals surface area (Å²) in [6, 6.07) is 7.80. The second-order valence-corrected chi connectivity index (χ2v) is 7.93. The van der Waals surface area contributed by atoms with Crippen molar-refractivity contribution in [3.8, 4) is 5.75 Å². The van der Waals surface area contributed by atoms with Crippen molar-refractivity contribution in [2.24, 2.45) is 4.40 Å². The molecule has 4 rings (SSSR count). The van der Waals surface area contributed by atoms with Crippen LogP contribution in [0.3, 0.4) is 0 Å². The molecule has 25 heavy (non-hydrogen) atoms. The lowest BCUT2D eigenvalue weighted by Crippen LogP contribution is -2.27. The summed E-state index contributed by atoms with van der Waals surface area (Å²) in [5.41, 5.74) is 1.69. The first-order chi connectivity index (χ1) is 12.1. The van der Waals surface area contributed by atoms with Gasteiger partial charge in [-0.05, 0) is 55.5 Å². The molecule has 3 aliphatic rings. The Bertz CT molecular complexity index is 874. The van der Waals surface area contributed by atoms with Gasteiger partial charge in [0, 0.05) is 18.0 Å². The molecule has 0 spiro atoms. The summed E-state index contributed by atoms with van der Waals surface area (Å²) >= 11 is 0. The van der Waals surface area contributed by atoms with Crippen molar-refractivity contribution in [1.82, 2.24) is 4.90 Å². The highest BCUT2D eigenvalue weighted by atomic mass is 32.2. The largest absolute Gasteiger partial charge is 0.490 e. The molecule has 0 radical (unpaired) electrons. The lowest BCUT2D eigenvalue weighted by Gasteiger charge is -2.25. The molecule has 0 bridgehead atoms. The Labute approximate surface area is 148 Å². The zero-order chi connectivity index (χ0) is 17.3. The number of allylic oxidation sites excluding steroid dienone is 2. The van der Waals surface area contributed by atoms with Crippen LogP contribution in [0.2, 0.25) is 0 Å². The van der Waals surface area contributed by atoms with Crippen LogP contribution in [0.25, 0.3) is 5.57 Å². The van der Waals surface area contributed by atoms with Crippen LogP contribution in [0.15, 0.2) is 58.6 Å². The van der Waals surface area contributed by atoms with E-state index in [0.29, 0.717) is 11.9 Å². The van der Waals surface area contributed by atoms with Crippen LogP contribution in [-0.2, 0) is 10.0 Å². The van der Waals surface area contributed by atoms with E-state index in [4.69, 9.17) is 4.74 Å². The van der Waals surface area contributed by atoms with Gasteiger partial charge in [0.05, 0.1) is 11.5 Å². The zero-order valence-electron chi connectivity index (χ0n) is 13.8. The summed E-state index contributed by atoms with van der Waals surface area (Å²) in [4.78, 5) is 1.71. The van der Waals surface area contributed by atoms with E-state index >= 15 is 0 Å². The quantitative estimate of drug-likeness (QED) is 0.826. The molecule has 2 aliphatic heterocycles. The molecular weight excluding hydrogens is 336 g/mol. The van der Waals surface area contributed by atoms with Crippen LogP contribution in [0.5, 0.6) is 5.75 Å². The summed E-state index contributed by atoms with van der Waals surface area (Å²) in [6.45, 7) is 0. The molecule has 1 aromatic rings. The summed E-state index contributed by atoms with van der Waals surface area (Å²) in [7, 11) is -3.56. The fraction of sp³-hybridized carbons (Fsp3) is 0.316. The van der Waals surface area contributed by atoms with E-state index in [1.165, 1.54) is 25.5 Å². The maximum atomic E-state index is 11.8. The number of amidine groups is 1. The first-order valence-corrected chi connectivity index (χ1v) is 10.1. The smallest absolute Gasteiger partial charge is 0.278 e. The normalized spacial score (nSPS) is 22.2. The van der Waals surface area contributed by atoms with Gasteiger partial charge in [-0.25, -0.2) is 0 Å². The topological polar surface area (TPSA) is 59.0 Å². The van der Waals surface area contributed by atoms with Crippen molar-refractivity contribution in [1.29, 1.82) is 0 Å². The summed E-state index contributed by atoms with van der Waals surface area (Å²) in [5.74, 6) is 1.28. The second kappa shape index (κ2) is 6.52.